The van der Waals surface area contributed by atoms with Crippen LogP contribution < -0.4 is 16.2 Å². The van der Waals surface area contributed by atoms with Gasteiger partial charge in [0.25, 0.3) is 10.1 Å². The molecule has 70 heavy (non-hydrogen) atoms. The summed E-state index contributed by atoms with van der Waals surface area (Å²) in [5.41, 5.74) is 17.5. The van der Waals surface area contributed by atoms with E-state index in [0.29, 0.717) is 55.4 Å². The minimum atomic E-state index is -4.67. The van der Waals surface area contributed by atoms with Gasteiger partial charge in [-0.2, -0.15) is 8.42 Å². The van der Waals surface area contributed by atoms with Crippen molar-refractivity contribution >= 4 is 16.1 Å². The summed E-state index contributed by atoms with van der Waals surface area (Å²) in [4.78, 5) is 5.16. The van der Waals surface area contributed by atoms with Crippen LogP contribution in [0.4, 0.5) is 0 Å². The number of aliphatic imine (C=N–C) groups is 1. The van der Waals surface area contributed by atoms with E-state index in [0.717, 1.165) is 59.1 Å². The highest BCUT2D eigenvalue weighted by Crippen LogP contribution is 2.58. The van der Waals surface area contributed by atoms with Crippen LogP contribution in [0.15, 0.2) is 120 Å². The molecular formula is C58H65N3O8S. The van der Waals surface area contributed by atoms with Crippen molar-refractivity contribution in [2.45, 2.75) is 118 Å². The number of guanidine groups is 1. The summed E-state index contributed by atoms with van der Waals surface area (Å²) in [6, 6.07) is 29.6. The van der Waals surface area contributed by atoms with Crippen molar-refractivity contribution in [1.29, 1.82) is 0 Å². The van der Waals surface area contributed by atoms with Gasteiger partial charge in [0.15, 0.2) is 5.96 Å². The fourth-order valence-electron chi connectivity index (χ4n) is 14.3. The van der Waals surface area contributed by atoms with Crippen molar-refractivity contribution in [3.8, 4) is 23.3 Å². The molecule has 1 saturated carbocycles. The Labute approximate surface area is 411 Å². The average Bonchev–Trinajstić information content (AvgIpc) is 3.67. The molecule has 12 heteroatoms. The van der Waals surface area contributed by atoms with E-state index < -0.39 is 44.6 Å². The lowest BCUT2D eigenvalue weighted by Gasteiger charge is -2.49. The van der Waals surface area contributed by atoms with Crippen LogP contribution in [0.5, 0.6) is 11.5 Å². The monoisotopic (exact) mass is 963 g/mol. The van der Waals surface area contributed by atoms with Crippen molar-refractivity contribution in [2.24, 2.45) is 57.9 Å². The summed E-state index contributed by atoms with van der Waals surface area (Å²) in [5, 5.41) is 33.1. The van der Waals surface area contributed by atoms with Crippen molar-refractivity contribution in [3.63, 3.8) is 0 Å². The van der Waals surface area contributed by atoms with Gasteiger partial charge >= 0.3 is 0 Å². The second kappa shape index (κ2) is 18.3. The molecule has 8 N–H and O–H groups in total. The highest BCUT2D eigenvalue weighted by Gasteiger charge is 2.58. The number of ether oxygens (including phenoxy) is 2. The number of aliphatic hydroxyl groups excluding tert-OH is 1. The summed E-state index contributed by atoms with van der Waals surface area (Å²) < 4.78 is 54.9. The van der Waals surface area contributed by atoms with Gasteiger partial charge in [-0.15, -0.1) is 0 Å². The predicted molar refractivity (Wildman–Crippen MR) is 269 cm³/mol. The summed E-state index contributed by atoms with van der Waals surface area (Å²) in [6.07, 6.45) is 12.4. The third-order valence-electron chi connectivity index (χ3n) is 17.6. The maximum absolute atomic E-state index is 14.3. The number of aliphatic hydroxyl groups is 2. The first kappa shape index (κ1) is 46.9. The van der Waals surface area contributed by atoms with E-state index in [9.17, 15) is 28.3 Å². The van der Waals surface area contributed by atoms with Gasteiger partial charge in [0.05, 0.1) is 17.0 Å². The van der Waals surface area contributed by atoms with E-state index in [1.165, 1.54) is 0 Å². The molecule has 1 saturated heterocycles. The Kier molecular flexibility index (Phi) is 12.3. The van der Waals surface area contributed by atoms with E-state index in [4.69, 9.17) is 25.9 Å². The van der Waals surface area contributed by atoms with Crippen LogP contribution in [0.3, 0.4) is 0 Å². The second-order valence-electron chi connectivity index (χ2n) is 21.7. The van der Waals surface area contributed by atoms with Crippen molar-refractivity contribution in [2.75, 3.05) is 6.61 Å². The van der Waals surface area contributed by atoms with E-state index in [2.05, 4.69) is 73.4 Å². The van der Waals surface area contributed by atoms with E-state index in [1.54, 1.807) is 12.1 Å². The molecule has 4 aliphatic carbocycles. The maximum Gasteiger partial charge on any atom is 0.268 e. The van der Waals surface area contributed by atoms with E-state index >= 15 is 0 Å². The number of phenols is 1. The van der Waals surface area contributed by atoms with Crippen molar-refractivity contribution in [3.05, 3.63) is 154 Å². The first-order valence-corrected chi connectivity index (χ1v) is 26.9. The largest absolute Gasteiger partial charge is 0.508 e. The number of aryl methyl sites for hydroxylation is 1. The summed E-state index contributed by atoms with van der Waals surface area (Å²) in [6.45, 7) is 2.11. The van der Waals surface area contributed by atoms with Crippen LogP contribution in [0.25, 0.3) is 0 Å². The number of rotatable bonds is 6. The molecule has 5 heterocycles. The smallest absolute Gasteiger partial charge is 0.268 e. The Hall–Kier alpha value is -5.42. The highest BCUT2D eigenvalue weighted by atomic mass is 32.2. The number of phenolic OH excluding ortho intramolecular Hbond substituents is 1. The van der Waals surface area contributed by atoms with Crippen LogP contribution in [0, 0.1) is 53.3 Å². The van der Waals surface area contributed by atoms with Gasteiger partial charge in [-0.05, 0) is 146 Å². The topological polar surface area (TPSA) is 198 Å². The standard InChI is InChI=1S/C58H65N3O8S/c1-34-12-13-39-29-45-20-22-47(39)49(34)32-53(70(65,66)67)50-31-41-27-40(30-46-25-36(33-62)9-5-10-38-28-44(63)19-21-48(38)55(41)68-46)54(50)37-14-16-43(17-15-37)58(69-45,61-56(59)60)51-23-18-42-11-6-24-57(42,64)52(51)26-35-7-3-2-4-8-35/h2-4,7-8,14-23,28-29,31,34,36,40,42,46,49-55,62-64H,6,9,11-13,24-27,30,32-33H2,1H3,(H4,59,60,61)(H,65,66,67). The molecule has 0 spiro atoms. The van der Waals surface area contributed by atoms with Gasteiger partial charge in [-0.3, -0.25) is 4.55 Å². The molecule has 2 fully saturated rings. The van der Waals surface area contributed by atoms with Crippen LogP contribution in [-0.4, -0.2) is 57.8 Å². The minimum Gasteiger partial charge on any atom is -0.508 e. The molecule has 9 aliphatic rings. The van der Waals surface area contributed by atoms with Crippen molar-refractivity contribution in [1.82, 2.24) is 0 Å². The SMILES string of the molecule is CC1CCc2cc3ccc2C1CC(S(=O)(=O)O)C1C=C2CC(CC4CC(CO)CC#Cc5cc(O)ccc5C2O4)C1c1ccc(cc1)C(N=C(N)N)(C1C=CC2CCCC2(O)C1Cc1ccccc1)O3. The van der Waals surface area contributed by atoms with Crippen molar-refractivity contribution < 1.29 is 37.8 Å². The molecular weight excluding hydrogens is 899 g/mol. The van der Waals surface area contributed by atoms with E-state index in [1.807, 2.05) is 42.5 Å². The number of fused-ring (bicyclic) bond motifs is 10. The number of nitrogens with zero attached hydrogens (tertiary/aromatic N) is 1. The fourth-order valence-corrected chi connectivity index (χ4v) is 15.4. The number of aromatic hydroxyl groups is 1. The zero-order chi connectivity index (χ0) is 48.5. The number of benzene rings is 4. The van der Waals surface area contributed by atoms with Gasteiger partial charge in [-0.1, -0.05) is 104 Å². The number of nitrogens with two attached hydrogens (primary N) is 2. The Balaban J connectivity index is 1.13. The van der Waals surface area contributed by atoms with Crippen LogP contribution in [-0.2, 0) is 33.4 Å². The molecule has 0 radical (unpaired) electrons. The molecule has 4 aromatic carbocycles. The normalized spacial score (nSPS) is 35.2. The summed E-state index contributed by atoms with van der Waals surface area (Å²) in [7, 11) is -4.67. The third-order valence-corrected chi connectivity index (χ3v) is 18.9. The van der Waals surface area contributed by atoms with Gasteiger partial charge in [0, 0.05) is 53.4 Å². The maximum atomic E-state index is 14.3. The summed E-state index contributed by atoms with van der Waals surface area (Å²) >= 11 is 0. The minimum absolute atomic E-state index is 0.0378. The quantitative estimate of drug-likeness (QED) is 0.0357. The summed E-state index contributed by atoms with van der Waals surface area (Å²) in [5.74, 6) is 4.65. The number of hydrogen-bond donors (Lipinski definition) is 6. The second-order valence-corrected chi connectivity index (χ2v) is 23.3. The Bertz CT molecular complexity index is 2910. The van der Waals surface area contributed by atoms with E-state index in [-0.39, 0.29) is 72.3 Å². The molecule has 14 atom stereocenters. The Morgan fingerprint density at radius 3 is 2.51 bits per heavy atom. The molecule has 4 aromatic rings. The highest BCUT2D eigenvalue weighted by molar-refractivity contribution is 7.86. The lowest BCUT2D eigenvalue weighted by atomic mass is 9.62. The lowest BCUT2D eigenvalue weighted by molar-refractivity contribution is -0.104. The molecule has 10 bridgehead atoms. The third kappa shape index (κ3) is 8.45. The number of hydrogen-bond acceptors (Lipinski definition) is 8. The molecule has 11 nitrogen and oxygen atoms in total. The molecule has 14 unspecified atom stereocenters. The van der Waals surface area contributed by atoms with Crippen LogP contribution >= 0.6 is 0 Å². The molecule has 13 rings (SSSR count). The fraction of sp³-hybridized carbons (Fsp3) is 0.466. The Morgan fingerprint density at radius 2 is 1.74 bits per heavy atom. The molecule has 366 valence electrons. The van der Waals surface area contributed by atoms with Gasteiger partial charge in [0.1, 0.15) is 17.6 Å². The van der Waals surface area contributed by atoms with Crippen LogP contribution in [0.1, 0.15) is 122 Å². The molecule has 5 aliphatic heterocycles. The number of allylic oxidation sites excluding steroid dienone is 1. The molecule has 0 amide bonds. The zero-order valence-corrected chi connectivity index (χ0v) is 40.6. The lowest BCUT2D eigenvalue weighted by Crippen LogP contribution is -2.55. The Morgan fingerprint density at radius 1 is 0.943 bits per heavy atom. The molecule has 0 aromatic heterocycles. The first-order valence-electron chi connectivity index (χ1n) is 25.4. The average molecular weight is 964 g/mol. The first-order chi connectivity index (χ1) is 33.7. The van der Waals surface area contributed by atoms with Gasteiger partial charge in [-0.25, -0.2) is 4.99 Å². The van der Waals surface area contributed by atoms with Gasteiger partial charge < -0.3 is 36.3 Å². The van der Waals surface area contributed by atoms with Crippen LogP contribution in [0.2, 0.25) is 0 Å². The van der Waals surface area contributed by atoms with Gasteiger partial charge in [0.2, 0.25) is 5.72 Å². The zero-order valence-electron chi connectivity index (χ0n) is 39.7. The predicted octanol–water partition coefficient (Wildman–Crippen LogP) is 8.73.